The molecule has 0 aliphatic rings. The Balaban J connectivity index is 2.17. The molecule has 4 heteroatoms. The van der Waals surface area contributed by atoms with E-state index in [-0.39, 0.29) is 6.08 Å². The van der Waals surface area contributed by atoms with E-state index in [0.29, 0.717) is 18.2 Å². The number of rotatable bonds is 4. The standard InChI is InChI=1S/C14H18N2O2/c1-9(2)13-5-4-12(6-10(13)3)18-14-16-11(7-15)8-17-14/h4-6,8-9H,7,15H2,1-3H3. The van der Waals surface area contributed by atoms with Crippen LogP contribution < -0.4 is 10.5 Å². The molecule has 0 fully saturated rings. The normalized spacial score (nSPS) is 10.9. The van der Waals surface area contributed by atoms with E-state index in [9.17, 15) is 0 Å². The predicted octanol–water partition coefficient (Wildman–Crippen LogP) is 3.36. The van der Waals surface area contributed by atoms with Gasteiger partial charge in [0.2, 0.25) is 0 Å². The van der Waals surface area contributed by atoms with Crippen LogP contribution in [0.1, 0.15) is 36.6 Å². The minimum atomic E-state index is 0.229. The maximum atomic E-state index is 5.54. The Morgan fingerprint density at radius 2 is 2.17 bits per heavy atom. The van der Waals surface area contributed by atoms with Gasteiger partial charge in [0.1, 0.15) is 12.0 Å². The summed E-state index contributed by atoms with van der Waals surface area (Å²) in [5.41, 5.74) is 8.66. The lowest BCUT2D eigenvalue weighted by Gasteiger charge is -2.10. The quantitative estimate of drug-likeness (QED) is 0.898. The average molecular weight is 246 g/mol. The summed E-state index contributed by atoms with van der Waals surface area (Å²) >= 11 is 0. The van der Waals surface area contributed by atoms with Crippen LogP contribution in [0.3, 0.4) is 0 Å². The van der Waals surface area contributed by atoms with Crippen LogP contribution in [0.2, 0.25) is 0 Å². The summed E-state index contributed by atoms with van der Waals surface area (Å²) in [5.74, 6) is 1.23. The molecule has 18 heavy (non-hydrogen) atoms. The molecule has 1 aromatic carbocycles. The zero-order valence-corrected chi connectivity index (χ0v) is 10.9. The van der Waals surface area contributed by atoms with Crippen molar-refractivity contribution in [3.63, 3.8) is 0 Å². The number of oxazole rings is 1. The number of hydrogen-bond acceptors (Lipinski definition) is 4. The molecular weight excluding hydrogens is 228 g/mol. The fraction of sp³-hybridized carbons (Fsp3) is 0.357. The lowest BCUT2D eigenvalue weighted by molar-refractivity contribution is 0.330. The van der Waals surface area contributed by atoms with Crippen molar-refractivity contribution in [1.29, 1.82) is 0 Å². The van der Waals surface area contributed by atoms with Crippen LogP contribution in [0.5, 0.6) is 11.8 Å². The molecule has 96 valence electrons. The van der Waals surface area contributed by atoms with E-state index in [1.54, 1.807) is 0 Å². The Bertz CT molecular complexity index is 532. The summed E-state index contributed by atoms with van der Waals surface area (Å²) in [6.07, 6.45) is 1.73. The number of aryl methyl sites for hydroxylation is 1. The van der Waals surface area contributed by atoms with E-state index < -0.39 is 0 Å². The molecule has 1 heterocycles. The first-order chi connectivity index (χ1) is 8.60. The lowest BCUT2D eigenvalue weighted by atomic mass is 9.98. The van der Waals surface area contributed by atoms with Crippen molar-refractivity contribution >= 4 is 0 Å². The molecule has 0 saturated heterocycles. The maximum absolute atomic E-state index is 5.54. The second-order valence-electron chi connectivity index (χ2n) is 4.58. The van der Waals surface area contributed by atoms with Gasteiger partial charge in [0.05, 0.1) is 5.69 Å². The molecule has 0 amide bonds. The van der Waals surface area contributed by atoms with Crippen LogP contribution in [-0.4, -0.2) is 4.98 Å². The second-order valence-corrected chi connectivity index (χ2v) is 4.58. The Morgan fingerprint density at radius 3 is 2.72 bits per heavy atom. The zero-order chi connectivity index (χ0) is 13.1. The van der Waals surface area contributed by atoms with E-state index in [1.807, 2.05) is 12.1 Å². The van der Waals surface area contributed by atoms with Crippen molar-refractivity contribution in [1.82, 2.24) is 4.98 Å². The molecule has 2 aromatic rings. The average Bonchev–Trinajstić information content (AvgIpc) is 2.76. The van der Waals surface area contributed by atoms with E-state index in [1.165, 1.54) is 17.4 Å². The highest BCUT2D eigenvalue weighted by molar-refractivity contribution is 5.37. The van der Waals surface area contributed by atoms with Gasteiger partial charge in [0, 0.05) is 6.54 Å². The summed E-state index contributed by atoms with van der Waals surface area (Å²) in [6.45, 7) is 6.76. The van der Waals surface area contributed by atoms with Gasteiger partial charge in [0.15, 0.2) is 0 Å². The van der Waals surface area contributed by atoms with Crippen LogP contribution >= 0.6 is 0 Å². The van der Waals surface area contributed by atoms with Gasteiger partial charge < -0.3 is 14.9 Å². The van der Waals surface area contributed by atoms with Crippen molar-refractivity contribution in [3.05, 3.63) is 41.3 Å². The molecule has 0 bridgehead atoms. The minimum absolute atomic E-state index is 0.229. The molecule has 0 atom stereocenters. The van der Waals surface area contributed by atoms with Gasteiger partial charge in [0.25, 0.3) is 0 Å². The summed E-state index contributed by atoms with van der Waals surface area (Å²) in [5, 5.41) is 0. The first-order valence-corrected chi connectivity index (χ1v) is 6.03. The first kappa shape index (κ1) is 12.6. The fourth-order valence-electron chi connectivity index (χ4n) is 1.89. The van der Waals surface area contributed by atoms with E-state index in [0.717, 1.165) is 5.75 Å². The Hall–Kier alpha value is -1.81. The van der Waals surface area contributed by atoms with Crippen LogP contribution in [0, 0.1) is 6.92 Å². The number of benzene rings is 1. The van der Waals surface area contributed by atoms with Crippen molar-refractivity contribution in [3.8, 4) is 11.8 Å². The Labute approximate surface area is 107 Å². The number of nitrogens with zero attached hydrogens (tertiary/aromatic N) is 1. The van der Waals surface area contributed by atoms with Gasteiger partial charge in [-0.25, -0.2) is 0 Å². The molecule has 0 spiro atoms. The third-order valence-electron chi connectivity index (χ3n) is 2.81. The predicted molar refractivity (Wildman–Crippen MR) is 69.7 cm³/mol. The van der Waals surface area contributed by atoms with Crippen LogP contribution in [-0.2, 0) is 6.54 Å². The highest BCUT2D eigenvalue weighted by Gasteiger charge is 2.08. The number of nitrogens with two attached hydrogens (primary N) is 1. The highest BCUT2D eigenvalue weighted by atomic mass is 16.6. The Morgan fingerprint density at radius 1 is 1.39 bits per heavy atom. The van der Waals surface area contributed by atoms with Crippen LogP contribution in [0.4, 0.5) is 0 Å². The lowest BCUT2D eigenvalue weighted by Crippen LogP contribution is -1.96. The molecule has 4 nitrogen and oxygen atoms in total. The van der Waals surface area contributed by atoms with Gasteiger partial charge in [-0.05, 0) is 36.1 Å². The fourth-order valence-corrected chi connectivity index (χ4v) is 1.89. The van der Waals surface area contributed by atoms with Gasteiger partial charge in [-0.2, -0.15) is 4.98 Å². The summed E-state index contributed by atoms with van der Waals surface area (Å²) in [7, 11) is 0. The topological polar surface area (TPSA) is 61.3 Å². The SMILES string of the molecule is Cc1cc(Oc2nc(CN)co2)ccc1C(C)C. The second kappa shape index (κ2) is 5.23. The zero-order valence-electron chi connectivity index (χ0n) is 10.9. The van der Waals surface area contributed by atoms with Crippen LogP contribution in [0.15, 0.2) is 28.9 Å². The van der Waals surface area contributed by atoms with Crippen molar-refractivity contribution in [2.45, 2.75) is 33.2 Å². The van der Waals surface area contributed by atoms with Crippen LogP contribution in [0.25, 0.3) is 0 Å². The monoisotopic (exact) mass is 246 g/mol. The van der Waals surface area contributed by atoms with Crippen molar-refractivity contribution in [2.75, 3.05) is 0 Å². The number of ether oxygens (including phenoxy) is 1. The smallest absolute Gasteiger partial charge is 0.399 e. The molecule has 0 aliphatic heterocycles. The summed E-state index contributed by atoms with van der Waals surface area (Å²) < 4.78 is 10.7. The number of hydrogen-bond donors (Lipinski definition) is 1. The summed E-state index contributed by atoms with van der Waals surface area (Å²) in [4.78, 5) is 4.10. The Kier molecular flexibility index (Phi) is 3.67. The third-order valence-corrected chi connectivity index (χ3v) is 2.81. The largest absolute Gasteiger partial charge is 0.417 e. The molecule has 0 saturated carbocycles. The minimum Gasteiger partial charge on any atom is -0.417 e. The molecule has 1 aromatic heterocycles. The third kappa shape index (κ3) is 2.71. The van der Waals surface area contributed by atoms with Gasteiger partial charge in [-0.3, -0.25) is 0 Å². The van der Waals surface area contributed by atoms with E-state index in [2.05, 4.69) is 31.8 Å². The number of aromatic nitrogens is 1. The van der Waals surface area contributed by atoms with E-state index in [4.69, 9.17) is 14.9 Å². The molecule has 2 rings (SSSR count). The van der Waals surface area contributed by atoms with Gasteiger partial charge >= 0.3 is 6.08 Å². The van der Waals surface area contributed by atoms with Gasteiger partial charge in [-0.15, -0.1) is 0 Å². The molecule has 2 N–H and O–H groups in total. The van der Waals surface area contributed by atoms with Crippen molar-refractivity contribution < 1.29 is 9.15 Å². The maximum Gasteiger partial charge on any atom is 0.399 e. The van der Waals surface area contributed by atoms with E-state index >= 15 is 0 Å². The first-order valence-electron chi connectivity index (χ1n) is 6.03. The summed E-state index contributed by atoms with van der Waals surface area (Å²) in [6, 6.07) is 5.98. The molecule has 0 radical (unpaired) electrons. The van der Waals surface area contributed by atoms with Gasteiger partial charge in [-0.1, -0.05) is 19.9 Å². The molecular formula is C14H18N2O2. The highest BCUT2D eigenvalue weighted by Crippen LogP contribution is 2.26. The molecule has 0 aliphatic carbocycles. The van der Waals surface area contributed by atoms with Crippen molar-refractivity contribution in [2.24, 2.45) is 5.73 Å². The molecule has 0 unspecified atom stereocenters.